The number of hydrogen-bond acceptors (Lipinski definition) is 4. The van der Waals surface area contributed by atoms with Crippen molar-refractivity contribution in [1.82, 2.24) is 14.8 Å². The minimum absolute atomic E-state index is 0.0244. The largest absolute Gasteiger partial charge is 0.370 e. The lowest BCUT2D eigenvalue weighted by Crippen LogP contribution is -2.56. The van der Waals surface area contributed by atoms with E-state index in [1.165, 1.54) is 0 Å². The van der Waals surface area contributed by atoms with Crippen molar-refractivity contribution in [2.75, 3.05) is 19.6 Å². The molecule has 2 fully saturated rings. The van der Waals surface area contributed by atoms with Gasteiger partial charge in [-0.3, -0.25) is 14.6 Å². The van der Waals surface area contributed by atoms with E-state index in [4.69, 9.17) is 4.74 Å². The highest BCUT2D eigenvalue weighted by atomic mass is 16.5. The molecule has 2 aliphatic rings. The maximum atomic E-state index is 12.7. The molecule has 0 spiro atoms. The number of rotatable bonds is 6. The summed E-state index contributed by atoms with van der Waals surface area (Å²) in [5.74, 6) is -0.167. The monoisotopic (exact) mass is 365 g/mol. The minimum Gasteiger partial charge on any atom is -0.370 e. The van der Waals surface area contributed by atoms with Crippen LogP contribution in [0.15, 0.2) is 54.7 Å². The summed E-state index contributed by atoms with van der Waals surface area (Å²) in [7, 11) is 0. The van der Waals surface area contributed by atoms with E-state index in [2.05, 4.69) is 4.98 Å². The number of benzene rings is 1. The SMILES string of the molecule is O=C1C[C@@H](C(=O)N2CC(OCc3ccccc3)C2)CN1Cc1ccccn1. The van der Waals surface area contributed by atoms with Crippen LogP contribution in [0.25, 0.3) is 0 Å². The molecule has 2 amide bonds. The molecule has 0 bridgehead atoms. The zero-order chi connectivity index (χ0) is 18.6. The molecule has 3 heterocycles. The summed E-state index contributed by atoms with van der Waals surface area (Å²) in [5, 5.41) is 0. The Morgan fingerprint density at radius 1 is 1.07 bits per heavy atom. The van der Waals surface area contributed by atoms with Crippen LogP contribution in [-0.4, -0.2) is 52.3 Å². The van der Waals surface area contributed by atoms with Crippen LogP contribution >= 0.6 is 0 Å². The molecule has 0 saturated carbocycles. The Bertz CT molecular complexity index is 791. The molecule has 4 rings (SSSR count). The maximum Gasteiger partial charge on any atom is 0.228 e. The van der Waals surface area contributed by atoms with E-state index in [0.717, 1.165) is 11.3 Å². The third-order valence-electron chi connectivity index (χ3n) is 5.13. The van der Waals surface area contributed by atoms with Gasteiger partial charge in [-0.2, -0.15) is 0 Å². The number of amides is 2. The van der Waals surface area contributed by atoms with E-state index in [9.17, 15) is 9.59 Å². The van der Waals surface area contributed by atoms with Crippen molar-refractivity contribution >= 4 is 11.8 Å². The molecule has 0 unspecified atom stereocenters. The van der Waals surface area contributed by atoms with Gasteiger partial charge < -0.3 is 14.5 Å². The van der Waals surface area contributed by atoms with Crippen molar-refractivity contribution in [3.63, 3.8) is 0 Å². The number of ether oxygens (including phenoxy) is 1. The van der Waals surface area contributed by atoms with Crippen molar-refractivity contribution in [3.05, 3.63) is 66.0 Å². The average molecular weight is 365 g/mol. The second-order valence-corrected chi connectivity index (χ2v) is 7.16. The number of hydrogen-bond donors (Lipinski definition) is 0. The van der Waals surface area contributed by atoms with Crippen LogP contribution in [0.4, 0.5) is 0 Å². The number of carbonyl (C=O) groups is 2. The first-order valence-electron chi connectivity index (χ1n) is 9.31. The third kappa shape index (κ3) is 4.17. The fourth-order valence-corrected chi connectivity index (χ4v) is 3.55. The fraction of sp³-hybridized carbons (Fsp3) is 0.381. The quantitative estimate of drug-likeness (QED) is 0.784. The average Bonchev–Trinajstić information content (AvgIpc) is 3.02. The molecule has 140 valence electrons. The van der Waals surface area contributed by atoms with E-state index in [1.54, 1.807) is 16.0 Å². The summed E-state index contributed by atoms with van der Waals surface area (Å²) in [5.41, 5.74) is 1.98. The minimum atomic E-state index is -0.253. The molecule has 0 aliphatic carbocycles. The van der Waals surface area contributed by atoms with Gasteiger partial charge in [0.05, 0.1) is 30.9 Å². The summed E-state index contributed by atoms with van der Waals surface area (Å²) in [6.07, 6.45) is 2.09. The topological polar surface area (TPSA) is 62.7 Å². The molecule has 2 saturated heterocycles. The summed E-state index contributed by atoms with van der Waals surface area (Å²) < 4.78 is 5.85. The lowest BCUT2D eigenvalue weighted by Gasteiger charge is -2.40. The lowest BCUT2D eigenvalue weighted by atomic mass is 10.0. The van der Waals surface area contributed by atoms with Crippen LogP contribution in [0.1, 0.15) is 17.7 Å². The predicted octanol–water partition coefficient (Wildman–Crippen LogP) is 1.86. The van der Waals surface area contributed by atoms with Crippen LogP contribution in [0, 0.1) is 5.92 Å². The zero-order valence-electron chi connectivity index (χ0n) is 15.2. The Labute approximate surface area is 158 Å². The van der Waals surface area contributed by atoms with E-state index >= 15 is 0 Å². The first-order chi connectivity index (χ1) is 13.2. The molecule has 0 N–H and O–H groups in total. The van der Waals surface area contributed by atoms with Crippen molar-refractivity contribution in [1.29, 1.82) is 0 Å². The molecule has 2 aliphatic heterocycles. The highest BCUT2D eigenvalue weighted by Crippen LogP contribution is 2.25. The molecule has 27 heavy (non-hydrogen) atoms. The first-order valence-corrected chi connectivity index (χ1v) is 9.31. The standard InChI is InChI=1S/C21H23N3O3/c25-20-10-17(11-23(20)12-18-8-4-5-9-22-18)21(26)24-13-19(14-24)27-15-16-6-2-1-3-7-16/h1-9,17,19H,10-15H2/t17-/m1/s1. The molecule has 2 aromatic rings. The van der Waals surface area contributed by atoms with Gasteiger partial charge in [0.1, 0.15) is 0 Å². The fourth-order valence-electron chi connectivity index (χ4n) is 3.55. The Morgan fingerprint density at radius 3 is 2.59 bits per heavy atom. The van der Waals surface area contributed by atoms with E-state index in [0.29, 0.717) is 32.8 Å². The second-order valence-electron chi connectivity index (χ2n) is 7.16. The highest BCUT2D eigenvalue weighted by Gasteiger charge is 2.40. The maximum absolute atomic E-state index is 12.7. The first kappa shape index (κ1) is 17.7. The third-order valence-corrected chi connectivity index (χ3v) is 5.13. The van der Waals surface area contributed by atoms with Gasteiger partial charge in [0.15, 0.2) is 0 Å². The molecule has 6 heteroatoms. The molecular weight excluding hydrogens is 342 g/mol. The van der Waals surface area contributed by atoms with Crippen LogP contribution < -0.4 is 0 Å². The molecule has 0 radical (unpaired) electrons. The van der Waals surface area contributed by atoms with Crippen molar-refractivity contribution < 1.29 is 14.3 Å². The molecule has 1 aromatic carbocycles. The molecule has 1 aromatic heterocycles. The van der Waals surface area contributed by atoms with Crippen LogP contribution in [0.3, 0.4) is 0 Å². The molecule has 6 nitrogen and oxygen atoms in total. The van der Waals surface area contributed by atoms with Gasteiger partial charge in [0, 0.05) is 32.3 Å². The number of likely N-dealkylation sites (tertiary alicyclic amines) is 2. The summed E-state index contributed by atoms with van der Waals surface area (Å²) >= 11 is 0. The van der Waals surface area contributed by atoms with Gasteiger partial charge in [-0.15, -0.1) is 0 Å². The predicted molar refractivity (Wildman–Crippen MR) is 99.4 cm³/mol. The van der Waals surface area contributed by atoms with Crippen LogP contribution in [0.5, 0.6) is 0 Å². The number of aromatic nitrogens is 1. The molecular formula is C21H23N3O3. The summed E-state index contributed by atoms with van der Waals surface area (Å²) in [6, 6.07) is 15.7. The Balaban J connectivity index is 1.23. The number of nitrogens with zero attached hydrogens (tertiary/aromatic N) is 3. The zero-order valence-corrected chi connectivity index (χ0v) is 15.2. The van der Waals surface area contributed by atoms with Gasteiger partial charge in [0.2, 0.25) is 11.8 Å². The second kappa shape index (κ2) is 7.88. The Morgan fingerprint density at radius 2 is 1.85 bits per heavy atom. The van der Waals surface area contributed by atoms with E-state index in [1.807, 2.05) is 48.5 Å². The van der Waals surface area contributed by atoms with Crippen molar-refractivity contribution in [2.24, 2.45) is 5.92 Å². The van der Waals surface area contributed by atoms with Gasteiger partial charge in [-0.05, 0) is 17.7 Å². The van der Waals surface area contributed by atoms with Gasteiger partial charge >= 0.3 is 0 Å². The van der Waals surface area contributed by atoms with Gasteiger partial charge in [-0.25, -0.2) is 0 Å². The Hall–Kier alpha value is -2.73. The smallest absolute Gasteiger partial charge is 0.228 e. The molecule has 1 atom stereocenters. The Kier molecular flexibility index (Phi) is 5.16. The normalized spacial score (nSPS) is 20.0. The van der Waals surface area contributed by atoms with Gasteiger partial charge in [-0.1, -0.05) is 36.4 Å². The van der Waals surface area contributed by atoms with Crippen molar-refractivity contribution in [3.8, 4) is 0 Å². The van der Waals surface area contributed by atoms with Crippen LogP contribution in [0.2, 0.25) is 0 Å². The summed E-state index contributed by atoms with van der Waals surface area (Å²) in [4.78, 5) is 32.7. The van der Waals surface area contributed by atoms with E-state index in [-0.39, 0.29) is 30.3 Å². The number of pyridine rings is 1. The highest BCUT2D eigenvalue weighted by molar-refractivity contribution is 5.89. The summed E-state index contributed by atoms with van der Waals surface area (Å²) in [6.45, 7) is 2.72. The number of carbonyl (C=O) groups excluding carboxylic acids is 2. The van der Waals surface area contributed by atoms with Crippen LogP contribution in [-0.2, 0) is 27.5 Å². The van der Waals surface area contributed by atoms with Gasteiger partial charge in [0.25, 0.3) is 0 Å². The van der Waals surface area contributed by atoms with E-state index < -0.39 is 0 Å². The van der Waals surface area contributed by atoms with Crippen molar-refractivity contribution in [2.45, 2.75) is 25.7 Å². The lowest BCUT2D eigenvalue weighted by molar-refractivity contribution is -0.150.